The van der Waals surface area contributed by atoms with Gasteiger partial charge in [-0.1, -0.05) is 33.6 Å². The quantitative estimate of drug-likeness (QED) is 0.855. The molecule has 3 atom stereocenters. The van der Waals surface area contributed by atoms with Crippen molar-refractivity contribution in [3.05, 3.63) is 0 Å². The molecule has 0 bridgehead atoms. The van der Waals surface area contributed by atoms with Gasteiger partial charge in [-0.2, -0.15) is 0 Å². The Hall–Kier alpha value is -0.620. The Morgan fingerprint density at radius 1 is 1.09 bits per heavy atom. The van der Waals surface area contributed by atoms with Gasteiger partial charge >= 0.3 is 0 Å². The molecule has 0 aromatic carbocycles. The van der Waals surface area contributed by atoms with E-state index in [0.29, 0.717) is 19.0 Å². The van der Waals surface area contributed by atoms with E-state index in [9.17, 15) is 13.2 Å². The van der Waals surface area contributed by atoms with E-state index >= 15 is 0 Å². The van der Waals surface area contributed by atoms with Crippen molar-refractivity contribution in [1.29, 1.82) is 0 Å². The Labute approximate surface area is 141 Å². The maximum atomic E-state index is 12.7. The number of sulfonamides is 1. The number of nitrogens with zero attached hydrogens (tertiary/aromatic N) is 1. The van der Waals surface area contributed by atoms with Crippen molar-refractivity contribution >= 4 is 15.9 Å². The Morgan fingerprint density at radius 2 is 1.74 bits per heavy atom. The van der Waals surface area contributed by atoms with Gasteiger partial charge in [-0.15, -0.1) is 0 Å². The Morgan fingerprint density at radius 3 is 2.35 bits per heavy atom. The van der Waals surface area contributed by atoms with Crippen molar-refractivity contribution < 1.29 is 13.2 Å². The lowest BCUT2D eigenvalue weighted by molar-refractivity contribution is -0.127. The fraction of sp³-hybridized carbons (Fsp3) is 0.941. The van der Waals surface area contributed by atoms with Crippen LogP contribution in [0, 0.1) is 17.3 Å². The van der Waals surface area contributed by atoms with Crippen molar-refractivity contribution in [1.82, 2.24) is 9.62 Å². The number of amides is 1. The molecule has 1 N–H and O–H groups in total. The number of rotatable bonds is 3. The fourth-order valence-corrected chi connectivity index (χ4v) is 5.01. The summed E-state index contributed by atoms with van der Waals surface area (Å²) in [6, 6.07) is 0.227. The van der Waals surface area contributed by atoms with Crippen molar-refractivity contribution in [3.63, 3.8) is 0 Å². The van der Waals surface area contributed by atoms with Crippen LogP contribution in [0.5, 0.6) is 0 Å². The van der Waals surface area contributed by atoms with Gasteiger partial charge in [0.2, 0.25) is 15.9 Å². The van der Waals surface area contributed by atoms with E-state index in [4.69, 9.17) is 0 Å². The van der Waals surface area contributed by atoms with Crippen LogP contribution < -0.4 is 5.32 Å². The lowest BCUT2D eigenvalue weighted by Gasteiger charge is -2.41. The lowest BCUT2D eigenvalue weighted by Crippen LogP contribution is -2.51. The minimum absolute atomic E-state index is 0.0412. The second-order valence-corrected chi connectivity index (χ2v) is 10.3. The molecular weight excluding hydrogens is 312 g/mol. The van der Waals surface area contributed by atoms with E-state index in [1.54, 1.807) is 0 Å². The summed E-state index contributed by atoms with van der Waals surface area (Å²) in [6.45, 7) is 7.60. The van der Waals surface area contributed by atoms with Gasteiger partial charge in [0.1, 0.15) is 0 Å². The Balaban J connectivity index is 2.00. The first kappa shape index (κ1) is 18.7. The largest absolute Gasteiger partial charge is 0.353 e. The summed E-state index contributed by atoms with van der Waals surface area (Å²) in [5.41, 5.74) is 0.184. The molecule has 2 fully saturated rings. The van der Waals surface area contributed by atoms with E-state index in [1.807, 2.05) is 0 Å². The summed E-state index contributed by atoms with van der Waals surface area (Å²) >= 11 is 0. The van der Waals surface area contributed by atoms with Gasteiger partial charge in [-0.05, 0) is 37.0 Å². The van der Waals surface area contributed by atoms with E-state index in [-0.39, 0.29) is 23.3 Å². The van der Waals surface area contributed by atoms with Crippen LogP contribution in [0.15, 0.2) is 0 Å². The van der Waals surface area contributed by atoms with Crippen LogP contribution in [-0.4, -0.2) is 44.0 Å². The van der Waals surface area contributed by atoms with Crippen LogP contribution in [0.1, 0.15) is 59.3 Å². The first-order valence-corrected chi connectivity index (χ1v) is 10.7. The van der Waals surface area contributed by atoms with Gasteiger partial charge in [0.15, 0.2) is 0 Å². The maximum Gasteiger partial charge on any atom is 0.224 e. The summed E-state index contributed by atoms with van der Waals surface area (Å²) in [6.07, 6.45) is 7.37. The van der Waals surface area contributed by atoms with Crippen LogP contribution in [0.2, 0.25) is 0 Å². The Bertz CT molecular complexity index is 524. The standard InChI is InChI=1S/C17H32N2O3S/c1-17(2,3)14-9-5-6-10-15(14)18-16(20)13-8-7-11-19(12-13)23(4,21)22/h13-15H,5-12H2,1-4H3,(H,18,20)/t13-,14+,15+/m0/s1. The summed E-state index contributed by atoms with van der Waals surface area (Å²) in [4.78, 5) is 12.7. The molecule has 0 unspecified atom stereocenters. The molecule has 134 valence electrons. The van der Waals surface area contributed by atoms with Crippen LogP contribution in [0.4, 0.5) is 0 Å². The third-order valence-corrected chi connectivity index (χ3v) is 6.70. The van der Waals surface area contributed by atoms with Gasteiger partial charge in [-0.3, -0.25) is 4.79 Å². The molecule has 2 aliphatic rings. The Kier molecular flexibility index (Phi) is 5.77. The smallest absolute Gasteiger partial charge is 0.224 e. The van der Waals surface area contributed by atoms with E-state index in [0.717, 1.165) is 32.1 Å². The van der Waals surface area contributed by atoms with Gasteiger partial charge in [0, 0.05) is 19.1 Å². The average molecular weight is 345 g/mol. The number of nitrogens with one attached hydrogen (secondary N) is 1. The molecule has 0 aromatic rings. The van der Waals surface area contributed by atoms with Gasteiger partial charge in [0.05, 0.1) is 12.2 Å². The molecule has 1 saturated heterocycles. The summed E-state index contributed by atoms with van der Waals surface area (Å²) in [7, 11) is -3.21. The monoisotopic (exact) mass is 344 g/mol. The molecule has 0 spiro atoms. The first-order chi connectivity index (χ1) is 10.6. The van der Waals surface area contributed by atoms with Gasteiger partial charge < -0.3 is 5.32 Å². The lowest BCUT2D eigenvalue weighted by atomic mass is 9.69. The number of piperidine rings is 1. The molecule has 0 radical (unpaired) electrons. The number of hydrogen-bond donors (Lipinski definition) is 1. The highest BCUT2D eigenvalue weighted by Crippen LogP contribution is 2.38. The summed E-state index contributed by atoms with van der Waals surface area (Å²) in [5, 5.41) is 3.26. The number of hydrogen-bond acceptors (Lipinski definition) is 3. The van der Waals surface area contributed by atoms with Crippen LogP contribution in [-0.2, 0) is 14.8 Å². The van der Waals surface area contributed by atoms with E-state index in [1.165, 1.54) is 17.0 Å². The summed E-state index contributed by atoms with van der Waals surface area (Å²) in [5.74, 6) is 0.329. The molecule has 5 nitrogen and oxygen atoms in total. The highest BCUT2D eigenvalue weighted by Gasteiger charge is 2.37. The van der Waals surface area contributed by atoms with E-state index in [2.05, 4.69) is 26.1 Å². The van der Waals surface area contributed by atoms with Gasteiger partial charge in [0.25, 0.3) is 0 Å². The molecular formula is C17H32N2O3S. The topological polar surface area (TPSA) is 66.5 Å². The minimum atomic E-state index is -3.21. The van der Waals surface area contributed by atoms with Crippen molar-refractivity contribution in [2.75, 3.05) is 19.3 Å². The second kappa shape index (κ2) is 7.09. The minimum Gasteiger partial charge on any atom is -0.353 e. The zero-order chi connectivity index (χ0) is 17.3. The summed E-state index contributed by atoms with van der Waals surface area (Å²) < 4.78 is 24.9. The third-order valence-electron chi connectivity index (χ3n) is 5.43. The average Bonchev–Trinajstić information content (AvgIpc) is 2.46. The molecule has 0 aromatic heterocycles. The van der Waals surface area contributed by atoms with Crippen molar-refractivity contribution in [2.45, 2.75) is 65.3 Å². The normalized spacial score (nSPS) is 30.9. The van der Waals surface area contributed by atoms with Crippen LogP contribution in [0.25, 0.3) is 0 Å². The molecule has 1 aliphatic heterocycles. The fourth-order valence-electron chi connectivity index (χ4n) is 4.10. The van der Waals surface area contributed by atoms with Crippen LogP contribution >= 0.6 is 0 Å². The predicted molar refractivity (Wildman–Crippen MR) is 92.5 cm³/mol. The van der Waals surface area contributed by atoms with Crippen molar-refractivity contribution in [3.8, 4) is 0 Å². The van der Waals surface area contributed by atoms with E-state index < -0.39 is 10.0 Å². The zero-order valence-corrected chi connectivity index (χ0v) is 15.8. The molecule has 2 rings (SSSR count). The molecule has 1 aliphatic carbocycles. The number of carbonyl (C=O) groups is 1. The molecule has 1 heterocycles. The zero-order valence-electron chi connectivity index (χ0n) is 15.0. The molecule has 23 heavy (non-hydrogen) atoms. The maximum absolute atomic E-state index is 12.7. The third kappa shape index (κ3) is 4.92. The second-order valence-electron chi connectivity index (χ2n) is 8.33. The molecule has 1 saturated carbocycles. The number of carbonyl (C=O) groups excluding carboxylic acids is 1. The highest BCUT2D eigenvalue weighted by atomic mass is 32.2. The highest BCUT2D eigenvalue weighted by molar-refractivity contribution is 7.88. The van der Waals surface area contributed by atoms with Crippen molar-refractivity contribution in [2.24, 2.45) is 17.3 Å². The SMILES string of the molecule is CC(C)(C)[C@@H]1CCCC[C@H]1NC(=O)[C@H]1CCCN(S(C)(=O)=O)C1. The molecule has 6 heteroatoms. The van der Waals surface area contributed by atoms with Crippen LogP contribution in [0.3, 0.4) is 0 Å². The predicted octanol–water partition coefficient (Wildman–Crippen LogP) is 2.38. The van der Waals surface area contributed by atoms with Gasteiger partial charge in [-0.25, -0.2) is 12.7 Å². The molecule has 1 amide bonds. The first-order valence-electron chi connectivity index (χ1n) is 8.84.